The van der Waals surface area contributed by atoms with Crippen molar-refractivity contribution in [3.05, 3.63) is 66.8 Å². The molecule has 138 valence electrons. The van der Waals surface area contributed by atoms with Gasteiger partial charge < -0.3 is 14.8 Å². The molecule has 0 aliphatic carbocycles. The van der Waals surface area contributed by atoms with Gasteiger partial charge in [-0.05, 0) is 25.0 Å². The van der Waals surface area contributed by atoms with Crippen LogP contribution >= 0.6 is 0 Å². The zero-order valence-corrected chi connectivity index (χ0v) is 15.2. The number of piperidine rings is 1. The number of amides is 1. The van der Waals surface area contributed by atoms with E-state index in [1.807, 2.05) is 48.5 Å². The fourth-order valence-corrected chi connectivity index (χ4v) is 3.48. The van der Waals surface area contributed by atoms with Crippen molar-refractivity contribution in [1.29, 1.82) is 0 Å². The van der Waals surface area contributed by atoms with E-state index in [0.717, 1.165) is 29.9 Å². The lowest BCUT2D eigenvalue weighted by atomic mass is 9.92. The van der Waals surface area contributed by atoms with E-state index in [-0.39, 0.29) is 5.91 Å². The quantitative estimate of drug-likeness (QED) is 0.772. The Morgan fingerprint density at radius 1 is 1.15 bits per heavy atom. The highest BCUT2D eigenvalue weighted by atomic mass is 16.2. The van der Waals surface area contributed by atoms with E-state index in [1.54, 1.807) is 23.4 Å². The second-order valence-corrected chi connectivity index (χ2v) is 6.80. The number of likely N-dealkylation sites (tertiary alicyclic amines) is 1. The maximum Gasteiger partial charge on any atom is 0.274 e. The van der Waals surface area contributed by atoms with Gasteiger partial charge in [0.1, 0.15) is 12.0 Å². The number of para-hydroxylation sites is 1. The van der Waals surface area contributed by atoms with Crippen molar-refractivity contribution in [3.8, 4) is 0 Å². The van der Waals surface area contributed by atoms with Gasteiger partial charge in [-0.2, -0.15) is 0 Å². The smallest absolute Gasteiger partial charge is 0.274 e. The molecule has 1 fully saturated rings. The number of hydrogen-bond acceptors (Lipinski definition) is 5. The molecule has 27 heavy (non-hydrogen) atoms. The lowest BCUT2D eigenvalue weighted by Crippen LogP contribution is -2.38. The van der Waals surface area contributed by atoms with Crippen LogP contribution in [0.25, 0.3) is 0 Å². The molecule has 1 saturated heterocycles. The zero-order chi connectivity index (χ0) is 18.6. The number of aryl methyl sites for hydroxylation is 1. The summed E-state index contributed by atoms with van der Waals surface area (Å²) < 4.78 is 1.79. The zero-order valence-electron chi connectivity index (χ0n) is 15.2. The first kappa shape index (κ1) is 17.2. The third kappa shape index (κ3) is 3.81. The van der Waals surface area contributed by atoms with Crippen LogP contribution in [0.1, 0.15) is 34.9 Å². The minimum Gasteiger partial charge on any atom is -0.353 e. The number of rotatable bonds is 4. The van der Waals surface area contributed by atoms with Gasteiger partial charge in [0.25, 0.3) is 5.91 Å². The predicted octanol–water partition coefficient (Wildman–Crippen LogP) is 2.97. The summed E-state index contributed by atoms with van der Waals surface area (Å²) in [5.74, 6) is 0.298. The van der Waals surface area contributed by atoms with Crippen LogP contribution in [0, 0.1) is 0 Å². The van der Waals surface area contributed by atoms with Gasteiger partial charge in [-0.3, -0.25) is 4.79 Å². The van der Waals surface area contributed by atoms with Gasteiger partial charge >= 0.3 is 0 Å². The van der Waals surface area contributed by atoms with E-state index >= 15 is 0 Å². The van der Waals surface area contributed by atoms with Crippen LogP contribution < -0.4 is 5.32 Å². The SMILES string of the molecule is Cn1cnc(C(=O)N2CCC(c3ncncc3Nc3ccccc3)CC2)c1. The van der Waals surface area contributed by atoms with E-state index < -0.39 is 0 Å². The molecule has 7 heteroatoms. The normalized spacial score (nSPS) is 14.9. The Hall–Kier alpha value is -3.22. The summed E-state index contributed by atoms with van der Waals surface area (Å²) in [5.41, 5.74) is 3.46. The Kier molecular flexibility index (Phi) is 4.82. The number of nitrogens with zero attached hydrogens (tertiary/aromatic N) is 5. The summed E-state index contributed by atoms with van der Waals surface area (Å²) in [6.07, 6.45) is 8.58. The molecule has 0 unspecified atom stereocenters. The third-order valence-electron chi connectivity index (χ3n) is 4.89. The molecule has 2 aromatic heterocycles. The van der Waals surface area contributed by atoms with Crippen molar-refractivity contribution in [2.24, 2.45) is 7.05 Å². The number of hydrogen-bond donors (Lipinski definition) is 1. The molecule has 0 bridgehead atoms. The van der Waals surface area contributed by atoms with Crippen molar-refractivity contribution in [3.63, 3.8) is 0 Å². The highest BCUT2D eigenvalue weighted by Crippen LogP contribution is 2.32. The molecule has 0 saturated carbocycles. The molecule has 1 aliphatic heterocycles. The maximum absolute atomic E-state index is 12.6. The second kappa shape index (κ2) is 7.57. The Morgan fingerprint density at radius 2 is 1.93 bits per heavy atom. The summed E-state index contributed by atoms with van der Waals surface area (Å²) >= 11 is 0. The highest BCUT2D eigenvalue weighted by Gasteiger charge is 2.27. The number of aromatic nitrogens is 4. The molecular weight excluding hydrogens is 340 g/mol. The molecule has 1 aromatic carbocycles. The Bertz CT molecular complexity index is 915. The molecule has 3 aromatic rings. The Balaban J connectivity index is 1.45. The summed E-state index contributed by atoms with van der Waals surface area (Å²) in [6, 6.07) is 10.0. The number of imidazole rings is 1. The molecule has 0 atom stereocenters. The largest absolute Gasteiger partial charge is 0.353 e. The van der Waals surface area contributed by atoms with Crippen LogP contribution in [-0.4, -0.2) is 43.4 Å². The van der Waals surface area contributed by atoms with Gasteiger partial charge in [0, 0.05) is 37.9 Å². The van der Waals surface area contributed by atoms with Gasteiger partial charge in [-0.15, -0.1) is 0 Å². The molecule has 0 radical (unpaired) electrons. The molecule has 1 amide bonds. The predicted molar refractivity (Wildman–Crippen MR) is 103 cm³/mol. The van der Waals surface area contributed by atoms with Crippen LogP contribution in [-0.2, 0) is 7.05 Å². The average molecular weight is 362 g/mol. The number of carbonyl (C=O) groups excluding carboxylic acids is 1. The number of nitrogens with one attached hydrogen (secondary N) is 1. The highest BCUT2D eigenvalue weighted by molar-refractivity contribution is 5.92. The molecule has 1 aliphatic rings. The van der Waals surface area contributed by atoms with Crippen molar-refractivity contribution >= 4 is 17.3 Å². The molecular formula is C20H22N6O. The lowest BCUT2D eigenvalue weighted by molar-refractivity contribution is 0.0706. The summed E-state index contributed by atoms with van der Waals surface area (Å²) in [5, 5.41) is 3.41. The minimum atomic E-state index is -0.000582. The lowest BCUT2D eigenvalue weighted by Gasteiger charge is -2.32. The first-order valence-corrected chi connectivity index (χ1v) is 9.10. The fourth-order valence-electron chi connectivity index (χ4n) is 3.48. The number of benzene rings is 1. The van der Waals surface area contributed by atoms with Gasteiger partial charge in [0.2, 0.25) is 0 Å². The van der Waals surface area contributed by atoms with Crippen LogP contribution in [0.5, 0.6) is 0 Å². The van der Waals surface area contributed by atoms with Crippen LogP contribution in [0.2, 0.25) is 0 Å². The molecule has 4 rings (SSSR count). The molecule has 3 heterocycles. The third-order valence-corrected chi connectivity index (χ3v) is 4.89. The average Bonchev–Trinajstić information content (AvgIpc) is 3.15. The van der Waals surface area contributed by atoms with E-state index in [4.69, 9.17) is 0 Å². The van der Waals surface area contributed by atoms with Gasteiger partial charge in [-0.1, -0.05) is 18.2 Å². The van der Waals surface area contributed by atoms with Crippen LogP contribution in [0.3, 0.4) is 0 Å². The standard InChI is InChI=1S/C20H22N6O/c1-25-12-18(23-14-25)20(27)26-9-7-15(8-10-26)19-17(11-21-13-22-19)24-16-5-3-2-4-6-16/h2-6,11-15,24H,7-10H2,1H3. The van der Waals surface area contributed by atoms with E-state index in [0.29, 0.717) is 24.7 Å². The first-order chi connectivity index (χ1) is 13.2. The van der Waals surface area contributed by atoms with E-state index in [1.165, 1.54) is 0 Å². The number of anilines is 2. The second-order valence-electron chi connectivity index (χ2n) is 6.80. The van der Waals surface area contributed by atoms with Crippen molar-refractivity contribution in [2.75, 3.05) is 18.4 Å². The van der Waals surface area contributed by atoms with Crippen LogP contribution in [0.4, 0.5) is 11.4 Å². The van der Waals surface area contributed by atoms with Crippen molar-refractivity contribution < 1.29 is 4.79 Å². The monoisotopic (exact) mass is 362 g/mol. The van der Waals surface area contributed by atoms with Gasteiger partial charge in [-0.25, -0.2) is 15.0 Å². The Morgan fingerprint density at radius 3 is 2.63 bits per heavy atom. The van der Waals surface area contributed by atoms with E-state index in [9.17, 15) is 4.79 Å². The first-order valence-electron chi connectivity index (χ1n) is 9.10. The molecule has 1 N–H and O–H groups in total. The van der Waals surface area contributed by atoms with Crippen molar-refractivity contribution in [2.45, 2.75) is 18.8 Å². The van der Waals surface area contributed by atoms with Crippen molar-refractivity contribution in [1.82, 2.24) is 24.4 Å². The maximum atomic E-state index is 12.6. The minimum absolute atomic E-state index is 0.000582. The fraction of sp³-hybridized carbons (Fsp3) is 0.300. The van der Waals surface area contributed by atoms with Gasteiger partial charge in [0.15, 0.2) is 0 Å². The van der Waals surface area contributed by atoms with Crippen LogP contribution in [0.15, 0.2) is 55.4 Å². The van der Waals surface area contributed by atoms with E-state index in [2.05, 4.69) is 20.3 Å². The Labute approximate surface area is 158 Å². The number of carbonyl (C=O) groups is 1. The molecule has 0 spiro atoms. The molecule has 7 nitrogen and oxygen atoms in total. The topological polar surface area (TPSA) is 75.9 Å². The summed E-state index contributed by atoms with van der Waals surface area (Å²) in [7, 11) is 1.87. The summed E-state index contributed by atoms with van der Waals surface area (Å²) in [6.45, 7) is 1.41. The van der Waals surface area contributed by atoms with Gasteiger partial charge in [0.05, 0.1) is 23.9 Å². The summed E-state index contributed by atoms with van der Waals surface area (Å²) in [4.78, 5) is 27.3.